The minimum absolute atomic E-state index is 1.16. The molecule has 10 heavy (non-hydrogen) atoms. The van der Waals surface area contributed by atoms with Gasteiger partial charge in [0.05, 0.1) is 0 Å². The molecule has 1 heteroatoms. The maximum atomic E-state index is 3.39. The van der Waals surface area contributed by atoms with Gasteiger partial charge in [0.15, 0.2) is 0 Å². The van der Waals surface area contributed by atoms with E-state index in [1.165, 1.54) is 30.5 Å². The molecule has 1 heterocycles. The molecule has 2 aliphatic rings. The maximum Gasteiger partial charge on any atom is 0.0332 e. The zero-order valence-corrected chi connectivity index (χ0v) is 6.41. The summed E-state index contributed by atoms with van der Waals surface area (Å²) in [6.45, 7) is 3.37. The average Bonchev–Trinajstić information content (AvgIpc) is 2.33. The maximum absolute atomic E-state index is 3.39. The molecule has 0 atom stereocenters. The van der Waals surface area contributed by atoms with Gasteiger partial charge < -0.3 is 5.32 Å². The second-order valence-corrected chi connectivity index (χ2v) is 3.18. The molecule has 0 fully saturated rings. The summed E-state index contributed by atoms with van der Waals surface area (Å²) in [6, 6.07) is 0. The fraction of sp³-hybridized carbons (Fsp3) is 0.556. The third-order valence-corrected chi connectivity index (χ3v) is 2.33. The second-order valence-electron chi connectivity index (χ2n) is 3.18. The summed E-state index contributed by atoms with van der Waals surface area (Å²) in [6.07, 6.45) is 6.15. The van der Waals surface area contributed by atoms with Crippen molar-refractivity contribution < 1.29 is 0 Å². The molecule has 0 unspecified atom stereocenters. The number of nitrogens with one attached hydrogen (secondary N) is 1. The van der Waals surface area contributed by atoms with Gasteiger partial charge in [0.25, 0.3) is 0 Å². The molecule has 1 aliphatic carbocycles. The van der Waals surface area contributed by atoms with Gasteiger partial charge in [-0.25, -0.2) is 0 Å². The summed E-state index contributed by atoms with van der Waals surface area (Å²) < 4.78 is 0. The van der Waals surface area contributed by atoms with Crippen molar-refractivity contribution in [2.24, 2.45) is 0 Å². The van der Waals surface area contributed by atoms with Crippen molar-refractivity contribution in [2.45, 2.75) is 26.2 Å². The third kappa shape index (κ3) is 0.859. The van der Waals surface area contributed by atoms with Crippen molar-refractivity contribution in [1.82, 2.24) is 5.32 Å². The van der Waals surface area contributed by atoms with E-state index in [9.17, 15) is 0 Å². The summed E-state index contributed by atoms with van der Waals surface area (Å²) in [5, 5.41) is 3.39. The van der Waals surface area contributed by atoms with E-state index >= 15 is 0 Å². The van der Waals surface area contributed by atoms with Crippen LogP contribution in [-0.2, 0) is 0 Å². The molecule has 0 amide bonds. The monoisotopic (exact) mass is 135 g/mol. The lowest BCUT2D eigenvalue weighted by atomic mass is 9.97. The van der Waals surface area contributed by atoms with Gasteiger partial charge in [0.1, 0.15) is 0 Å². The van der Waals surface area contributed by atoms with Crippen LogP contribution in [0.15, 0.2) is 22.9 Å². The summed E-state index contributed by atoms with van der Waals surface area (Å²) in [4.78, 5) is 0. The first-order valence-corrected chi connectivity index (χ1v) is 3.99. The zero-order chi connectivity index (χ0) is 6.97. The van der Waals surface area contributed by atoms with E-state index in [0.29, 0.717) is 0 Å². The van der Waals surface area contributed by atoms with Gasteiger partial charge in [-0.3, -0.25) is 0 Å². The van der Waals surface area contributed by atoms with Gasteiger partial charge in [-0.15, -0.1) is 0 Å². The molecule has 0 aromatic carbocycles. The first-order chi connectivity index (χ1) is 4.86. The van der Waals surface area contributed by atoms with Crippen LogP contribution in [0.5, 0.6) is 0 Å². The van der Waals surface area contributed by atoms with E-state index in [0.717, 1.165) is 6.54 Å². The molecule has 0 aromatic rings. The van der Waals surface area contributed by atoms with Crippen LogP contribution in [0.4, 0.5) is 0 Å². The molecular formula is C9H13N. The fourth-order valence-corrected chi connectivity index (χ4v) is 1.69. The van der Waals surface area contributed by atoms with E-state index in [4.69, 9.17) is 0 Å². The van der Waals surface area contributed by atoms with Crippen LogP contribution in [0.1, 0.15) is 26.2 Å². The van der Waals surface area contributed by atoms with Crippen molar-refractivity contribution in [1.29, 1.82) is 0 Å². The molecule has 0 saturated heterocycles. The number of allylic oxidation sites excluding steroid dienone is 2. The number of rotatable bonds is 0. The van der Waals surface area contributed by atoms with Crippen LogP contribution in [0, 0.1) is 0 Å². The first-order valence-electron chi connectivity index (χ1n) is 3.99. The average molecular weight is 135 g/mol. The Balaban J connectivity index is 2.29. The molecule has 1 N–H and O–H groups in total. The minimum Gasteiger partial charge on any atom is -0.385 e. The van der Waals surface area contributed by atoms with Gasteiger partial charge in [-0.1, -0.05) is 5.57 Å². The van der Waals surface area contributed by atoms with Crippen molar-refractivity contribution in [2.75, 3.05) is 6.54 Å². The number of hydrogen-bond donors (Lipinski definition) is 1. The van der Waals surface area contributed by atoms with Gasteiger partial charge in [0, 0.05) is 12.2 Å². The molecule has 0 saturated carbocycles. The van der Waals surface area contributed by atoms with E-state index < -0.39 is 0 Å². The minimum atomic E-state index is 1.16. The smallest absolute Gasteiger partial charge is 0.0332 e. The quantitative estimate of drug-likeness (QED) is 0.535. The summed E-state index contributed by atoms with van der Waals surface area (Å²) in [7, 11) is 0. The highest BCUT2D eigenvalue weighted by atomic mass is 14.9. The van der Waals surface area contributed by atoms with Crippen LogP contribution >= 0.6 is 0 Å². The van der Waals surface area contributed by atoms with Crippen LogP contribution in [0.3, 0.4) is 0 Å². The lowest BCUT2D eigenvalue weighted by Gasteiger charge is -2.10. The Morgan fingerprint density at radius 3 is 3.10 bits per heavy atom. The van der Waals surface area contributed by atoms with Crippen molar-refractivity contribution >= 4 is 0 Å². The predicted octanol–water partition coefficient (Wildman–Crippen LogP) is 1.97. The largest absolute Gasteiger partial charge is 0.385 e. The molecular weight excluding hydrogens is 122 g/mol. The fourth-order valence-electron chi connectivity index (χ4n) is 1.69. The van der Waals surface area contributed by atoms with E-state index in [1.807, 2.05) is 0 Å². The van der Waals surface area contributed by atoms with Crippen LogP contribution in [0.25, 0.3) is 0 Å². The third-order valence-electron chi connectivity index (χ3n) is 2.33. The molecule has 0 bridgehead atoms. The highest BCUT2D eigenvalue weighted by Gasteiger charge is 2.15. The van der Waals surface area contributed by atoms with Gasteiger partial charge >= 0.3 is 0 Å². The van der Waals surface area contributed by atoms with Crippen molar-refractivity contribution in [3.05, 3.63) is 22.9 Å². The van der Waals surface area contributed by atoms with Gasteiger partial charge in [0.2, 0.25) is 0 Å². The lowest BCUT2D eigenvalue weighted by molar-refractivity contribution is 0.858. The summed E-state index contributed by atoms with van der Waals surface area (Å²) >= 11 is 0. The zero-order valence-electron chi connectivity index (χ0n) is 6.41. The van der Waals surface area contributed by atoms with Gasteiger partial charge in [-0.05, 0) is 37.8 Å². The summed E-state index contributed by atoms with van der Waals surface area (Å²) in [5.41, 5.74) is 4.59. The molecule has 54 valence electrons. The predicted molar refractivity (Wildman–Crippen MR) is 42.6 cm³/mol. The standard InChI is InChI=1S/C9H13N/c1-7-2-3-8-4-5-10-9(8)6-7/h6,10H,2-5H2,1H3. The van der Waals surface area contributed by atoms with Crippen LogP contribution < -0.4 is 5.32 Å². The topological polar surface area (TPSA) is 12.0 Å². The Morgan fingerprint density at radius 2 is 2.20 bits per heavy atom. The van der Waals surface area contributed by atoms with Gasteiger partial charge in [-0.2, -0.15) is 0 Å². The van der Waals surface area contributed by atoms with Crippen LogP contribution in [-0.4, -0.2) is 6.54 Å². The van der Waals surface area contributed by atoms with E-state index in [-0.39, 0.29) is 0 Å². The molecule has 0 radical (unpaired) electrons. The van der Waals surface area contributed by atoms with Crippen LogP contribution in [0.2, 0.25) is 0 Å². The Labute approximate surface area is 61.8 Å². The van der Waals surface area contributed by atoms with E-state index in [2.05, 4.69) is 18.3 Å². The second kappa shape index (κ2) is 2.15. The number of hydrogen-bond acceptors (Lipinski definition) is 1. The van der Waals surface area contributed by atoms with Crippen molar-refractivity contribution in [3.8, 4) is 0 Å². The normalized spacial score (nSPS) is 23.9. The first kappa shape index (κ1) is 6.02. The van der Waals surface area contributed by atoms with Crippen molar-refractivity contribution in [3.63, 3.8) is 0 Å². The lowest BCUT2D eigenvalue weighted by Crippen LogP contribution is -2.06. The Morgan fingerprint density at radius 1 is 1.30 bits per heavy atom. The highest BCUT2D eigenvalue weighted by Crippen LogP contribution is 2.27. The van der Waals surface area contributed by atoms with E-state index in [1.54, 1.807) is 5.57 Å². The summed E-state index contributed by atoms with van der Waals surface area (Å²) in [5.74, 6) is 0. The molecule has 1 nitrogen and oxygen atoms in total. The molecule has 0 aromatic heterocycles. The SMILES string of the molecule is CC1=CC2=C(CCN2)CC1. The Bertz CT molecular complexity index is 211. The highest BCUT2D eigenvalue weighted by molar-refractivity contribution is 5.34. The Kier molecular flexibility index (Phi) is 1.30. The molecule has 2 rings (SSSR count). The molecule has 1 aliphatic heterocycles. The Hall–Kier alpha value is -0.720. The molecule has 0 spiro atoms.